The van der Waals surface area contributed by atoms with E-state index in [-0.39, 0.29) is 5.75 Å². The van der Waals surface area contributed by atoms with Gasteiger partial charge in [0.05, 0.1) is 6.61 Å². The Labute approximate surface area is 167 Å². The van der Waals surface area contributed by atoms with Crippen molar-refractivity contribution in [3.63, 3.8) is 0 Å². The highest BCUT2D eigenvalue weighted by atomic mass is 19.3. The zero-order valence-corrected chi connectivity index (χ0v) is 15.9. The first kappa shape index (κ1) is 21.9. The first-order chi connectivity index (χ1) is 13.9. The van der Waals surface area contributed by atoms with E-state index in [2.05, 4.69) is 10.1 Å². The van der Waals surface area contributed by atoms with E-state index in [1.54, 1.807) is 24.3 Å². The van der Waals surface area contributed by atoms with Crippen molar-refractivity contribution < 1.29 is 32.6 Å². The van der Waals surface area contributed by atoms with E-state index >= 15 is 0 Å². The molecule has 0 aliphatic carbocycles. The van der Waals surface area contributed by atoms with E-state index in [4.69, 9.17) is 9.47 Å². The summed E-state index contributed by atoms with van der Waals surface area (Å²) < 4.78 is 38.8. The summed E-state index contributed by atoms with van der Waals surface area (Å²) in [5.41, 5.74) is 1.12. The molecule has 0 bridgehead atoms. The lowest BCUT2D eigenvalue weighted by molar-refractivity contribution is -0.148. The minimum Gasteiger partial charge on any atom is -0.494 e. The molecule has 8 heteroatoms. The van der Waals surface area contributed by atoms with Crippen molar-refractivity contribution in [1.82, 2.24) is 0 Å². The smallest absolute Gasteiger partial charge is 0.387 e. The topological polar surface area (TPSA) is 73.9 Å². The number of ether oxygens (including phenoxy) is 3. The van der Waals surface area contributed by atoms with Crippen LogP contribution < -0.4 is 14.8 Å². The maximum Gasteiger partial charge on any atom is 0.387 e. The van der Waals surface area contributed by atoms with Crippen molar-refractivity contribution in [2.45, 2.75) is 26.6 Å². The van der Waals surface area contributed by atoms with Crippen LogP contribution in [-0.2, 0) is 14.3 Å². The Morgan fingerprint density at radius 1 is 1.03 bits per heavy atom. The van der Waals surface area contributed by atoms with Gasteiger partial charge in [0.2, 0.25) is 0 Å². The van der Waals surface area contributed by atoms with Crippen LogP contribution in [0, 0.1) is 0 Å². The van der Waals surface area contributed by atoms with Gasteiger partial charge in [0.1, 0.15) is 11.5 Å². The largest absolute Gasteiger partial charge is 0.494 e. The molecule has 0 spiro atoms. The molecule has 0 radical (unpaired) electrons. The van der Waals surface area contributed by atoms with Crippen molar-refractivity contribution >= 4 is 23.6 Å². The molecule has 0 aliphatic heterocycles. The molecule has 1 amide bonds. The Morgan fingerprint density at radius 2 is 1.66 bits per heavy atom. The van der Waals surface area contributed by atoms with Gasteiger partial charge < -0.3 is 19.5 Å². The average molecular weight is 405 g/mol. The molecule has 1 N–H and O–H groups in total. The minimum absolute atomic E-state index is 0.0132. The van der Waals surface area contributed by atoms with E-state index < -0.39 is 24.6 Å². The van der Waals surface area contributed by atoms with Crippen molar-refractivity contribution in [1.29, 1.82) is 0 Å². The van der Waals surface area contributed by atoms with Gasteiger partial charge in [-0.1, -0.05) is 12.1 Å². The van der Waals surface area contributed by atoms with Crippen LogP contribution in [0.5, 0.6) is 11.5 Å². The van der Waals surface area contributed by atoms with Gasteiger partial charge in [0.25, 0.3) is 5.91 Å². The Balaban J connectivity index is 1.84. The summed E-state index contributed by atoms with van der Waals surface area (Å²) in [7, 11) is 0. The normalized spacial score (nSPS) is 11.9. The summed E-state index contributed by atoms with van der Waals surface area (Å²) in [4.78, 5) is 24.0. The van der Waals surface area contributed by atoms with Gasteiger partial charge in [-0.25, -0.2) is 4.79 Å². The third-order valence-electron chi connectivity index (χ3n) is 3.61. The van der Waals surface area contributed by atoms with Crippen LogP contribution in [0.1, 0.15) is 19.4 Å². The number of amides is 1. The van der Waals surface area contributed by atoms with Crippen LogP contribution in [0.15, 0.2) is 54.6 Å². The molecule has 2 aromatic carbocycles. The van der Waals surface area contributed by atoms with Gasteiger partial charge in [-0.05, 0) is 61.9 Å². The molecule has 2 rings (SSSR count). The number of nitrogens with one attached hydrogen (secondary N) is 1. The second kappa shape index (κ2) is 10.8. The molecule has 0 aromatic heterocycles. The van der Waals surface area contributed by atoms with Gasteiger partial charge in [-0.2, -0.15) is 8.78 Å². The highest BCUT2D eigenvalue weighted by Gasteiger charge is 2.16. The Bertz CT molecular complexity index is 835. The number of benzene rings is 2. The van der Waals surface area contributed by atoms with Gasteiger partial charge >= 0.3 is 12.6 Å². The van der Waals surface area contributed by atoms with Gasteiger partial charge in [0.15, 0.2) is 6.10 Å². The molecule has 0 aliphatic rings. The molecule has 29 heavy (non-hydrogen) atoms. The summed E-state index contributed by atoms with van der Waals surface area (Å²) in [6.07, 6.45) is 1.57. The Hall–Kier alpha value is -3.42. The number of alkyl halides is 2. The molecule has 154 valence electrons. The third-order valence-corrected chi connectivity index (χ3v) is 3.61. The van der Waals surface area contributed by atoms with Crippen LogP contribution in [0.25, 0.3) is 6.08 Å². The van der Waals surface area contributed by atoms with E-state index in [1.807, 2.05) is 6.92 Å². The molecule has 0 fully saturated rings. The predicted molar refractivity (Wildman–Crippen MR) is 104 cm³/mol. The first-order valence-electron chi connectivity index (χ1n) is 8.84. The fourth-order valence-electron chi connectivity index (χ4n) is 2.24. The van der Waals surface area contributed by atoms with Crippen LogP contribution in [0.4, 0.5) is 14.5 Å². The Morgan fingerprint density at radius 3 is 2.24 bits per heavy atom. The summed E-state index contributed by atoms with van der Waals surface area (Å²) in [5, 5.41) is 2.64. The molecular formula is C21H21F2NO5. The number of carbonyl (C=O) groups excluding carboxylic acids is 2. The Kier molecular flexibility index (Phi) is 8.14. The monoisotopic (exact) mass is 405 g/mol. The van der Waals surface area contributed by atoms with Crippen LogP contribution >= 0.6 is 0 Å². The summed E-state index contributed by atoms with van der Waals surface area (Å²) in [6, 6.07) is 12.5. The lowest BCUT2D eigenvalue weighted by Gasteiger charge is -2.12. The zero-order valence-electron chi connectivity index (χ0n) is 15.9. The number of rotatable bonds is 9. The van der Waals surface area contributed by atoms with E-state index in [0.29, 0.717) is 23.6 Å². The fourth-order valence-corrected chi connectivity index (χ4v) is 2.24. The summed E-state index contributed by atoms with van der Waals surface area (Å²) in [5.74, 6) is -0.500. The van der Waals surface area contributed by atoms with Crippen molar-refractivity contribution in [2.75, 3.05) is 11.9 Å². The molecule has 0 heterocycles. The highest BCUT2D eigenvalue weighted by molar-refractivity contribution is 5.96. The molecule has 0 saturated heterocycles. The molecular weight excluding hydrogens is 384 g/mol. The minimum atomic E-state index is -2.90. The zero-order chi connectivity index (χ0) is 21.2. The molecule has 6 nitrogen and oxygen atoms in total. The number of anilines is 1. The van der Waals surface area contributed by atoms with E-state index in [1.165, 1.54) is 37.3 Å². The van der Waals surface area contributed by atoms with Crippen LogP contribution in [0.3, 0.4) is 0 Å². The summed E-state index contributed by atoms with van der Waals surface area (Å²) >= 11 is 0. The lowest BCUT2D eigenvalue weighted by Crippen LogP contribution is -2.29. The van der Waals surface area contributed by atoms with Crippen LogP contribution in [0.2, 0.25) is 0 Å². The van der Waals surface area contributed by atoms with Crippen LogP contribution in [-0.4, -0.2) is 31.2 Å². The first-order valence-corrected chi connectivity index (χ1v) is 8.84. The van der Waals surface area contributed by atoms with Crippen molar-refractivity contribution in [3.05, 3.63) is 60.2 Å². The second-order valence-electron chi connectivity index (χ2n) is 5.81. The summed E-state index contributed by atoms with van der Waals surface area (Å²) in [6.45, 7) is 0.963. The van der Waals surface area contributed by atoms with E-state index in [0.717, 1.165) is 6.08 Å². The SMILES string of the molecule is CCOc1ccc(NC(=O)[C@@H](C)OC(=O)/C=C/c2ccc(OC(F)F)cc2)cc1. The van der Waals surface area contributed by atoms with E-state index in [9.17, 15) is 18.4 Å². The fraction of sp³-hybridized carbons (Fsp3) is 0.238. The third kappa shape index (κ3) is 7.61. The van der Waals surface area contributed by atoms with Crippen molar-refractivity contribution in [3.8, 4) is 11.5 Å². The number of hydrogen-bond donors (Lipinski definition) is 1. The average Bonchev–Trinajstić information content (AvgIpc) is 2.68. The van der Waals surface area contributed by atoms with Gasteiger partial charge in [0, 0.05) is 11.8 Å². The molecule has 0 unspecified atom stereocenters. The number of esters is 1. The number of halogens is 2. The predicted octanol–water partition coefficient (Wildman–Crippen LogP) is 4.27. The number of carbonyl (C=O) groups is 2. The molecule has 1 atom stereocenters. The van der Waals surface area contributed by atoms with Gasteiger partial charge in [-0.3, -0.25) is 4.79 Å². The second-order valence-corrected chi connectivity index (χ2v) is 5.81. The van der Waals surface area contributed by atoms with Crippen molar-refractivity contribution in [2.24, 2.45) is 0 Å². The number of hydrogen-bond acceptors (Lipinski definition) is 5. The standard InChI is InChI=1S/C21H21F2NO5/c1-3-27-17-11-7-16(8-12-17)24-20(26)14(2)28-19(25)13-6-15-4-9-18(10-5-15)29-21(22)23/h4-14,21H,3H2,1-2H3,(H,24,26)/b13-6+/t14-/m1/s1. The lowest BCUT2D eigenvalue weighted by atomic mass is 10.2. The quantitative estimate of drug-likeness (QED) is 0.498. The van der Waals surface area contributed by atoms with Gasteiger partial charge in [-0.15, -0.1) is 0 Å². The highest BCUT2D eigenvalue weighted by Crippen LogP contribution is 2.17. The molecule has 2 aromatic rings. The molecule has 0 saturated carbocycles. The maximum atomic E-state index is 12.1. The maximum absolute atomic E-state index is 12.1.